The monoisotopic (exact) mass is 412 g/mol. The lowest BCUT2D eigenvalue weighted by Gasteiger charge is -2.06. The first kappa shape index (κ1) is 17.8. The van der Waals surface area contributed by atoms with Gasteiger partial charge in [-0.15, -0.1) is 11.3 Å². The van der Waals surface area contributed by atoms with Gasteiger partial charge in [0.2, 0.25) is 0 Å². The summed E-state index contributed by atoms with van der Waals surface area (Å²) in [5.74, 6) is 0. The zero-order valence-corrected chi connectivity index (χ0v) is 17.4. The standard InChI is InChI=1S/C28H16N2S/c29-15-18-13-23(17-30-16-18)20-7-5-19(6-8-20)22-10-11-26-25(14-22)28-24-4-2-1-3-21(24)9-12-27(28)31-26/h1-14,16-17H. The van der Waals surface area contributed by atoms with Crippen LogP contribution in [0.25, 0.3) is 53.2 Å². The summed E-state index contributed by atoms with van der Waals surface area (Å²) in [6, 6.07) is 32.3. The summed E-state index contributed by atoms with van der Waals surface area (Å²) in [7, 11) is 0. The van der Waals surface area contributed by atoms with E-state index < -0.39 is 0 Å². The Balaban J connectivity index is 1.48. The first-order chi connectivity index (χ1) is 15.3. The van der Waals surface area contributed by atoms with E-state index in [2.05, 4.69) is 89.9 Å². The summed E-state index contributed by atoms with van der Waals surface area (Å²) >= 11 is 1.85. The molecular weight excluding hydrogens is 396 g/mol. The molecule has 6 aromatic rings. The van der Waals surface area contributed by atoms with Gasteiger partial charge in [0.15, 0.2) is 0 Å². The second kappa shape index (κ2) is 7.05. The number of pyridine rings is 1. The quantitative estimate of drug-likeness (QED) is 0.291. The molecule has 6 rings (SSSR count). The molecule has 0 atom stereocenters. The molecule has 0 fully saturated rings. The van der Waals surface area contributed by atoms with Gasteiger partial charge in [-0.05, 0) is 51.7 Å². The molecule has 0 bridgehead atoms. The molecule has 0 N–H and O–H groups in total. The lowest BCUT2D eigenvalue weighted by molar-refractivity contribution is 1.30. The lowest BCUT2D eigenvalue weighted by atomic mass is 9.98. The van der Waals surface area contributed by atoms with Gasteiger partial charge in [0.25, 0.3) is 0 Å². The van der Waals surface area contributed by atoms with Crippen molar-refractivity contribution in [3.63, 3.8) is 0 Å². The van der Waals surface area contributed by atoms with E-state index >= 15 is 0 Å². The molecule has 2 aromatic heterocycles. The fourth-order valence-electron chi connectivity index (χ4n) is 4.24. The number of rotatable bonds is 2. The van der Waals surface area contributed by atoms with E-state index in [1.165, 1.54) is 42.1 Å². The number of fused-ring (bicyclic) bond motifs is 5. The highest BCUT2D eigenvalue weighted by molar-refractivity contribution is 7.26. The SMILES string of the molecule is N#Cc1cncc(-c2ccc(-c3ccc4sc5ccc6ccccc6c5c4c3)cc2)c1. The summed E-state index contributed by atoms with van der Waals surface area (Å²) < 4.78 is 2.64. The zero-order chi connectivity index (χ0) is 20.8. The largest absolute Gasteiger partial charge is 0.263 e. The molecule has 0 saturated heterocycles. The van der Waals surface area contributed by atoms with Crippen LogP contribution in [0, 0.1) is 11.3 Å². The molecular formula is C28H16N2S. The molecule has 0 aliphatic carbocycles. The van der Waals surface area contributed by atoms with E-state index in [1.807, 2.05) is 17.4 Å². The molecule has 0 aliphatic heterocycles. The molecule has 3 heteroatoms. The molecule has 0 unspecified atom stereocenters. The van der Waals surface area contributed by atoms with Crippen molar-refractivity contribution in [2.24, 2.45) is 0 Å². The molecule has 2 heterocycles. The Morgan fingerprint density at radius 2 is 1.39 bits per heavy atom. The zero-order valence-electron chi connectivity index (χ0n) is 16.5. The molecule has 0 saturated carbocycles. The Bertz CT molecular complexity index is 1640. The first-order valence-electron chi connectivity index (χ1n) is 10.1. The Kier molecular flexibility index (Phi) is 4.06. The van der Waals surface area contributed by atoms with Gasteiger partial charge in [-0.25, -0.2) is 0 Å². The highest BCUT2D eigenvalue weighted by atomic mass is 32.1. The molecule has 0 spiro atoms. The minimum atomic E-state index is 0.573. The minimum Gasteiger partial charge on any atom is -0.263 e. The van der Waals surface area contributed by atoms with Crippen LogP contribution >= 0.6 is 11.3 Å². The van der Waals surface area contributed by atoms with Crippen molar-refractivity contribution in [1.82, 2.24) is 4.98 Å². The highest BCUT2D eigenvalue weighted by Crippen LogP contribution is 2.40. The summed E-state index contributed by atoms with van der Waals surface area (Å²) in [4.78, 5) is 4.17. The molecule has 31 heavy (non-hydrogen) atoms. The average molecular weight is 413 g/mol. The van der Waals surface area contributed by atoms with Crippen molar-refractivity contribution in [3.05, 3.63) is 103 Å². The summed E-state index contributed by atoms with van der Waals surface area (Å²) in [6.07, 6.45) is 3.38. The fraction of sp³-hybridized carbons (Fsp3) is 0. The van der Waals surface area contributed by atoms with Gasteiger partial charge in [-0.1, -0.05) is 60.7 Å². The van der Waals surface area contributed by atoms with Crippen molar-refractivity contribution in [3.8, 4) is 28.3 Å². The van der Waals surface area contributed by atoms with Crippen LogP contribution in [0.2, 0.25) is 0 Å². The molecule has 0 aliphatic rings. The predicted octanol–water partition coefficient (Wildman–Crippen LogP) is 7.81. The van der Waals surface area contributed by atoms with Crippen LogP contribution in [0.3, 0.4) is 0 Å². The van der Waals surface area contributed by atoms with Crippen LogP contribution < -0.4 is 0 Å². The van der Waals surface area contributed by atoms with Gasteiger partial charge in [0, 0.05) is 38.1 Å². The van der Waals surface area contributed by atoms with Crippen LogP contribution in [0.5, 0.6) is 0 Å². The summed E-state index contributed by atoms with van der Waals surface area (Å²) in [5, 5.41) is 14.4. The third-order valence-electron chi connectivity index (χ3n) is 5.78. The van der Waals surface area contributed by atoms with Crippen LogP contribution in [-0.4, -0.2) is 4.98 Å². The van der Waals surface area contributed by atoms with Crippen molar-refractivity contribution >= 4 is 42.3 Å². The van der Waals surface area contributed by atoms with E-state index in [1.54, 1.807) is 12.4 Å². The fourth-order valence-corrected chi connectivity index (χ4v) is 5.34. The number of nitriles is 1. The maximum absolute atomic E-state index is 9.12. The molecule has 2 nitrogen and oxygen atoms in total. The van der Waals surface area contributed by atoms with E-state index in [4.69, 9.17) is 5.26 Å². The van der Waals surface area contributed by atoms with E-state index in [0.717, 1.165) is 11.1 Å². The van der Waals surface area contributed by atoms with Gasteiger partial charge in [0.05, 0.1) is 5.56 Å². The highest BCUT2D eigenvalue weighted by Gasteiger charge is 2.10. The minimum absolute atomic E-state index is 0.573. The van der Waals surface area contributed by atoms with Crippen molar-refractivity contribution < 1.29 is 0 Å². The molecule has 0 amide bonds. The second-order valence-electron chi connectivity index (χ2n) is 7.62. The number of hydrogen-bond acceptors (Lipinski definition) is 3. The maximum Gasteiger partial charge on any atom is 0.101 e. The summed E-state index contributed by atoms with van der Waals surface area (Å²) in [5.41, 5.74) is 4.96. The van der Waals surface area contributed by atoms with Gasteiger partial charge in [0.1, 0.15) is 6.07 Å². The van der Waals surface area contributed by atoms with E-state index in [-0.39, 0.29) is 0 Å². The van der Waals surface area contributed by atoms with Crippen molar-refractivity contribution in [2.75, 3.05) is 0 Å². The van der Waals surface area contributed by atoms with E-state index in [0.29, 0.717) is 5.56 Å². The Labute approximate surface area is 183 Å². The Morgan fingerprint density at radius 1 is 0.645 bits per heavy atom. The van der Waals surface area contributed by atoms with Crippen molar-refractivity contribution in [2.45, 2.75) is 0 Å². The predicted molar refractivity (Wildman–Crippen MR) is 130 cm³/mol. The van der Waals surface area contributed by atoms with Crippen LogP contribution in [0.15, 0.2) is 97.3 Å². The van der Waals surface area contributed by atoms with Crippen LogP contribution in [0.1, 0.15) is 5.56 Å². The second-order valence-corrected chi connectivity index (χ2v) is 8.71. The number of aromatic nitrogens is 1. The van der Waals surface area contributed by atoms with Crippen LogP contribution in [0.4, 0.5) is 0 Å². The Morgan fingerprint density at radius 3 is 2.23 bits per heavy atom. The lowest BCUT2D eigenvalue weighted by Crippen LogP contribution is -1.84. The number of nitrogens with zero attached hydrogens (tertiary/aromatic N) is 2. The van der Waals surface area contributed by atoms with Crippen molar-refractivity contribution in [1.29, 1.82) is 5.26 Å². The Hall–Kier alpha value is -4.00. The molecule has 144 valence electrons. The normalized spacial score (nSPS) is 11.2. The topological polar surface area (TPSA) is 36.7 Å². The maximum atomic E-state index is 9.12. The number of thiophene rings is 1. The summed E-state index contributed by atoms with van der Waals surface area (Å²) in [6.45, 7) is 0. The van der Waals surface area contributed by atoms with Gasteiger partial charge in [-0.2, -0.15) is 5.26 Å². The number of hydrogen-bond donors (Lipinski definition) is 0. The van der Waals surface area contributed by atoms with Gasteiger partial charge >= 0.3 is 0 Å². The van der Waals surface area contributed by atoms with Crippen LogP contribution in [-0.2, 0) is 0 Å². The molecule has 0 radical (unpaired) electrons. The van der Waals surface area contributed by atoms with Gasteiger partial charge in [-0.3, -0.25) is 4.98 Å². The third-order valence-corrected chi connectivity index (χ3v) is 6.91. The van der Waals surface area contributed by atoms with E-state index in [9.17, 15) is 0 Å². The number of benzene rings is 4. The van der Waals surface area contributed by atoms with Gasteiger partial charge < -0.3 is 0 Å². The first-order valence-corrected chi connectivity index (χ1v) is 10.9. The third kappa shape index (κ3) is 2.97. The smallest absolute Gasteiger partial charge is 0.101 e. The average Bonchev–Trinajstić information content (AvgIpc) is 3.22. The molecule has 4 aromatic carbocycles.